The Morgan fingerprint density at radius 1 is 0.302 bits per heavy atom. The lowest BCUT2D eigenvalue weighted by atomic mass is 9.80. The van der Waals surface area contributed by atoms with E-state index in [9.17, 15) is 0 Å². The molecule has 1 unspecified atom stereocenters. The lowest BCUT2D eigenvalue weighted by Crippen LogP contribution is -2.03. The maximum atomic E-state index is 2.43. The van der Waals surface area contributed by atoms with Crippen LogP contribution in [0.25, 0.3) is 71.3 Å². The Kier molecular flexibility index (Phi) is 7.66. The van der Waals surface area contributed by atoms with Crippen LogP contribution < -0.4 is 0 Å². The van der Waals surface area contributed by atoms with Crippen LogP contribution in [0.5, 0.6) is 0 Å². The molecule has 0 amide bonds. The molecule has 9 aromatic rings. The van der Waals surface area contributed by atoms with Gasteiger partial charge in [-0.3, -0.25) is 0 Å². The van der Waals surface area contributed by atoms with E-state index in [1.807, 2.05) is 0 Å². The standard InChI is InChI=1S/C53H36/c1-4-17-37(18-5-1)48-35-49(38-19-6-2-7-20-38)53(52(48)39-21-8-3-9-22-39)41-31-29-40(30-32-41)50-44-24-12-14-26-46(44)51(47-27-15-13-25-45(47)50)43-33-28-36-16-10-11-23-42(36)34-43/h1-35,53H. The zero-order valence-corrected chi connectivity index (χ0v) is 29.3. The van der Waals surface area contributed by atoms with E-state index in [1.54, 1.807) is 0 Å². The monoisotopic (exact) mass is 672 g/mol. The van der Waals surface area contributed by atoms with Crippen molar-refractivity contribution >= 4 is 49.0 Å². The SMILES string of the molecule is C1=C(c2ccccc2)C(c2ccc(-c3c4ccccc4c(-c4ccc5ccccc5c4)c4ccccc34)cc2)C(c2ccccc2)=C1c1ccccc1. The topological polar surface area (TPSA) is 0 Å². The van der Waals surface area contributed by atoms with E-state index >= 15 is 0 Å². The van der Waals surface area contributed by atoms with Crippen LogP contribution in [0.1, 0.15) is 28.2 Å². The van der Waals surface area contributed by atoms with Gasteiger partial charge in [-0.25, -0.2) is 0 Å². The van der Waals surface area contributed by atoms with Gasteiger partial charge in [-0.1, -0.05) is 200 Å². The first-order valence-corrected chi connectivity index (χ1v) is 18.5. The van der Waals surface area contributed by atoms with Gasteiger partial charge in [0.25, 0.3) is 0 Å². The number of rotatable bonds is 6. The number of benzene rings is 9. The lowest BCUT2D eigenvalue weighted by molar-refractivity contribution is 1.14. The maximum absolute atomic E-state index is 2.43. The first-order valence-electron chi connectivity index (χ1n) is 18.5. The fourth-order valence-electron chi connectivity index (χ4n) is 8.59. The van der Waals surface area contributed by atoms with Gasteiger partial charge in [0.2, 0.25) is 0 Å². The van der Waals surface area contributed by atoms with Crippen molar-refractivity contribution in [1.82, 2.24) is 0 Å². The molecule has 0 N–H and O–H groups in total. The van der Waals surface area contributed by atoms with Gasteiger partial charge < -0.3 is 0 Å². The van der Waals surface area contributed by atoms with Gasteiger partial charge in [0.15, 0.2) is 0 Å². The molecule has 0 fully saturated rings. The predicted molar refractivity (Wildman–Crippen MR) is 227 cm³/mol. The van der Waals surface area contributed by atoms with Crippen LogP contribution in [0.3, 0.4) is 0 Å². The van der Waals surface area contributed by atoms with E-state index in [0.717, 1.165) is 0 Å². The smallest absolute Gasteiger partial charge is 0.0358 e. The molecule has 53 heavy (non-hydrogen) atoms. The third-order valence-corrected chi connectivity index (χ3v) is 11.0. The van der Waals surface area contributed by atoms with Crippen molar-refractivity contribution in [2.24, 2.45) is 0 Å². The van der Waals surface area contributed by atoms with Gasteiger partial charge >= 0.3 is 0 Å². The molecular formula is C53H36. The minimum Gasteiger partial charge on any atom is -0.0622 e. The van der Waals surface area contributed by atoms with Crippen LogP contribution in [0.4, 0.5) is 0 Å². The zero-order chi connectivity index (χ0) is 35.1. The molecule has 0 nitrogen and oxygen atoms in total. The number of allylic oxidation sites excluding steroid dienone is 4. The Labute approximate surface area is 310 Å². The van der Waals surface area contributed by atoms with Crippen LogP contribution in [-0.2, 0) is 0 Å². The second kappa shape index (κ2) is 13.1. The molecule has 0 spiro atoms. The van der Waals surface area contributed by atoms with Gasteiger partial charge in [0.05, 0.1) is 0 Å². The molecule has 9 aromatic carbocycles. The van der Waals surface area contributed by atoms with E-state index in [1.165, 1.54) is 93.5 Å². The van der Waals surface area contributed by atoms with E-state index in [2.05, 4.69) is 212 Å². The third kappa shape index (κ3) is 5.39. The molecule has 10 rings (SSSR count). The van der Waals surface area contributed by atoms with E-state index in [0.29, 0.717) is 0 Å². The van der Waals surface area contributed by atoms with E-state index in [-0.39, 0.29) is 5.92 Å². The molecular weight excluding hydrogens is 637 g/mol. The van der Waals surface area contributed by atoms with E-state index < -0.39 is 0 Å². The molecule has 248 valence electrons. The summed E-state index contributed by atoms with van der Waals surface area (Å²) in [7, 11) is 0. The Hall–Kier alpha value is -6.76. The molecule has 0 radical (unpaired) electrons. The van der Waals surface area contributed by atoms with Crippen LogP contribution in [-0.4, -0.2) is 0 Å². The van der Waals surface area contributed by atoms with Crippen molar-refractivity contribution in [3.63, 3.8) is 0 Å². The Bertz CT molecular complexity index is 2780. The van der Waals surface area contributed by atoms with Gasteiger partial charge in [-0.2, -0.15) is 0 Å². The number of fused-ring (bicyclic) bond motifs is 3. The minimum absolute atomic E-state index is 0.0767. The van der Waals surface area contributed by atoms with Crippen LogP contribution >= 0.6 is 0 Å². The second-order valence-electron chi connectivity index (χ2n) is 14.0. The summed E-state index contributed by atoms with van der Waals surface area (Å²) in [4.78, 5) is 0. The zero-order valence-electron chi connectivity index (χ0n) is 29.3. The summed E-state index contributed by atoms with van der Waals surface area (Å²) in [6, 6.07) is 75.5. The fourth-order valence-corrected chi connectivity index (χ4v) is 8.59. The molecule has 0 saturated heterocycles. The highest BCUT2D eigenvalue weighted by Crippen LogP contribution is 2.52. The van der Waals surface area contributed by atoms with Crippen LogP contribution in [0, 0.1) is 0 Å². The summed E-state index contributed by atoms with van der Waals surface area (Å²) in [6.07, 6.45) is 2.43. The molecule has 0 saturated carbocycles. The van der Waals surface area contributed by atoms with Crippen LogP contribution in [0.15, 0.2) is 212 Å². The predicted octanol–water partition coefficient (Wildman–Crippen LogP) is 14.3. The summed E-state index contributed by atoms with van der Waals surface area (Å²) in [5.74, 6) is 0.0767. The lowest BCUT2D eigenvalue weighted by Gasteiger charge is -2.23. The molecule has 0 heteroatoms. The highest BCUT2D eigenvalue weighted by molar-refractivity contribution is 6.22. The van der Waals surface area contributed by atoms with E-state index in [4.69, 9.17) is 0 Å². The summed E-state index contributed by atoms with van der Waals surface area (Å²) in [5.41, 5.74) is 14.0. The Morgan fingerprint density at radius 3 is 1.34 bits per heavy atom. The summed E-state index contributed by atoms with van der Waals surface area (Å²) in [5, 5.41) is 7.59. The molecule has 0 aromatic heterocycles. The average molecular weight is 673 g/mol. The van der Waals surface area contributed by atoms with Gasteiger partial charge in [0.1, 0.15) is 0 Å². The average Bonchev–Trinajstić information content (AvgIpc) is 3.64. The number of hydrogen-bond donors (Lipinski definition) is 0. The summed E-state index contributed by atoms with van der Waals surface area (Å²) >= 11 is 0. The minimum atomic E-state index is 0.0767. The van der Waals surface area contributed by atoms with Crippen molar-refractivity contribution in [3.05, 3.63) is 235 Å². The largest absolute Gasteiger partial charge is 0.0622 e. The van der Waals surface area contributed by atoms with Crippen molar-refractivity contribution in [2.45, 2.75) is 5.92 Å². The quantitative estimate of drug-likeness (QED) is 0.154. The summed E-state index contributed by atoms with van der Waals surface area (Å²) < 4.78 is 0. The number of hydrogen-bond acceptors (Lipinski definition) is 0. The molecule has 1 aliphatic carbocycles. The normalized spacial score (nSPS) is 14.3. The van der Waals surface area contributed by atoms with Crippen molar-refractivity contribution in [2.75, 3.05) is 0 Å². The van der Waals surface area contributed by atoms with Crippen molar-refractivity contribution in [1.29, 1.82) is 0 Å². The van der Waals surface area contributed by atoms with Crippen molar-refractivity contribution in [3.8, 4) is 22.3 Å². The maximum Gasteiger partial charge on any atom is 0.0358 e. The molecule has 0 heterocycles. The second-order valence-corrected chi connectivity index (χ2v) is 14.0. The first-order chi connectivity index (χ1) is 26.3. The van der Waals surface area contributed by atoms with Gasteiger partial charge in [-0.15, -0.1) is 0 Å². The molecule has 1 atom stereocenters. The Morgan fingerprint density at radius 2 is 0.755 bits per heavy atom. The summed E-state index contributed by atoms with van der Waals surface area (Å²) in [6.45, 7) is 0. The van der Waals surface area contributed by atoms with Crippen molar-refractivity contribution < 1.29 is 0 Å². The fraction of sp³-hybridized carbons (Fsp3) is 0.0189. The highest BCUT2D eigenvalue weighted by Gasteiger charge is 2.32. The van der Waals surface area contributed by atoms with Gasteiger partial charge in [0, 0.05) is 5.92 Å². The van der Waals surface area contributed by atoms with Crippen LogP contribution in [0.2, 0.25) is 0 Å². The first kappa shape index (κ1) is 31.0. The Balaban J connectivity index is 1.16. The molecule has 0 bridgehead atoms. The molecule has 0 aliphatic heterocycles. The molecule has 1 aliphatic rings. The van der Waals surface area contributed by atoms with Gasteiger partial charge in [-0.05, 0) is 106 Å². The highest BCUT2D eigenvalue weighted by atomic mass is 14.3. The third-order valence-electron chi connectivity index (χ3n) is 11.0.